The van der Waals surface area contributed by atoms with Crippen LogP contribution in [0.15, 0.2) is 60.9 Å². The molecule has 2 aromatic carbocycles. The Hall–Kier alpha value is -3.21. The van der Waals surface area contributed by atoms with Crippen LogP contribution < -0.4 is 5.32 Å². The van der Waals surface area contributed by atoms with Crippen LogP contribution in [-0.2, 0) is 0 Å². The van der Waals surface area contributed by atoms with Crippen molar-refractivity contribution >= 4 is 33.4 Å². The van der Waals surface area contributed by atoms with E-state index in [9.17, 15) is 4.79 Å². The zero-order chi connectivity index (χ0) is 17.4. The Morgan fingerprint density at radius 1 is 1.08 bits per heavy atom. The summed E-state index contributed by atoms with van der Waals surface area (Å²) in [4.78, 5) is 17.0. The molecule has 25 heavy (non-hydrogen) atoms. The van der Waals surface area contributed by atoms with Gasteiger partial charge in [0.1, 0.15) is 0 Å². The zero-order valence-electron chi connectivity index (χ0n) is 14.1. The van der Waals surface area contributed by atoms with Crippen LogP contribution >= 0.6 is 0 Å². The number of amides is 1. The van der Waals surface area contributed by atoms with Gasteiger partial charge in [-0.2, -0.15) is 5.10 Å². The van der Waals surface area contributed by atoms with Crippen LogP contribution in [0.3, 0.4) is 0 Å². The standard InChI is InChI=1S/C20H18N4O/c1-13(2)24-12-14-11-15(8-9-18(14)23-24)22-20(25)17-5-3-7-19-16(17)6-4-10-21-19/h3-13H,1-2H3,(H,22,25). The zero-order valence-corrected chi connectivity index (χ0v) is 14.1. The van der Waals surface area contributed by atoms with Gasteiger partial charge in [-0.15, -0.1) is 0 Å². The Bertz CT molecular complexity index is 1080. The molecule has 0 bridgehead atoms. The van der Waals surface area contributed by atoms with E-state index >= 15 is 0 Å². The molecule has 2 heterocycles. The number of pyridine rings is 1. The number of benzene rings is 2. The van der Waals surface area contributed by atoms with Gasteiger partial charge in [0.25, 0.3) is 5.91 Å². The third kappa shape index (κ3) is 2.85. The van der Waals surface area contributed by atoms with Crippen molar-refractivity contribution < 1.29 is 4.79 Å². The lowest BCUT2D eigenvalue weighted by Gasteiger charge is -2.07. The van der Waals surface area contributed by atoms with E-state index in [4.69, 9.17) is 0 Å². The second-order valence-electron chi connectivity index (χ2n) is 6.31. The minimum Gasteiger partial charge on any atom is -0.322 e. The van der Waals surface area contributed by atoms with Gasteiger partial charge >= 0.3 is 0 Å². The van der Waals surface area contributed by atoms with E-state index in [1.807, 2.05) is 59.4 Å². The van der Waals surface area contributed by atoms with E-state index in [2.05, 4.69) is 29.2 Å². The molecular weight excluding hydrogens is 312 g/mol. The number of carbonyl (C=O) groups excluding carboxylic acids is 1. The van der Waals surface area contributed by atoms with Gasteiger partial charge in [0.2, 0.25) is 0 Å². The topological polar surface area (TPSA) is 59.8 Å². The molecule has 0 spiro atoms. The molecule has 2 aromatic heterocycles. The highest BCUT2D eigenvalue weighted by molar-refractivity contribution is 6.12. The van der Waals surface area contributed by atoms with E-state index in [-0.39, 0.29) is 5.91 Å². The molecular formula is C20H18N4O. The van der Waals surface area contributed by atoms with Crippen molar-refractivity contribution in [2.45, 2.75) is 19.9 Å². The molecule has 0 saturated heterocycles. The SMILES string of the molecule is CC(C)n1cc2cc(NC(=O)c3cccc4ncccc34)ccc2n1. The molecule has 4 aromatic rings. The Kier molecular flexibility index (Phi) is 3.69. The minimum atomic E-state index is -0.144. The minimum absolute atomic E-state index is 0.144. The van der Waals surface area contributed by atoms with Crippen molar-refractivity contribution in [3.8, 4) is 0 Å². The van der Waals surface area contributed by atoms with Crippen LogP contribution in [0.25, 0.3) is 21.8 Å². The van der Waals surface area contributed by atoms with E-state index in [0.29, 0.717) is 11.6 Å². The maximum atomic E-state index is 12.7. The van der Waals surface area contributed by atoms with E-state index in [1.54, 1.807) is 6.20 Å². The molecule has 0 fully saturated rings. The van der Waals surface area contributed by atoms with Crippen molar-refractivity contribution in [3.05, 3.63) is 66.5 Å². The summed E-state index contributed by atoms with van der Waals surface area (Å²) in [5.74, 6) is -0.144. The molecule has 5 heteroatoms. The number of rotatable bonds is 3. The van der Waals surface area contributed by atoms with E-state index in [0.717, 1.165) is 27.5 Å². The molecule has 5 nitrogen and oxygen atoms in total. The normalized spacial score (nSPS) is 11.3. The molecule has 0 radical (unpaired) electrons. The van der Waals surface area contributed by atoms with Gasteiger partial charge in [-0.05, 0) is 50.2 Å². The first-order valence-corrected chi connectivity index (χ1v) is 8.26. The summed E-state index contributed by atoms with van der Waals surface area (Å²) >= 11 is 0. The molecule has 124 valence electrons. The summed E-state index contributed by atoms with van der Waals surface area (Å²) in [6.45, 7) is 4.17. The second kappa shape index (κ2) is 6.02. The van der Waals surface area contributed by atoms with Crippen LogP contribution in [0.1, 0.15) is 30.2 Å². The molecule has 4 rings (SSSR count). The van der Waals surface area contributed by atoms with Gasteiger partial charge in [0.05, 0.1) is 11.0 Å². The number of nitrogens with one attached hydrogen (secondary N) is 1. The first-order valence-electron chi connectivity index (χ1n) is 8.26. The maximum Gasteiger partial charge on any atom is 0.256 e. The molecule has 0 unspecified atom stereocenters. The van der Waals surface area contributed by atoms with Crippen molar-refractivity contribution in [1.82, 2.24) is 14.8 Å². The van der Waals surface area contributed by atoms with Gasteiger partial charge in [-0.25, -0.2) is 0 Å². The average molecular weight is 330 g/mol. The van der Waals surface area contributed by atoms with Crippen molar-refractivity contribution in [2.24, 2.45) is 0 Å². The number of carbonyl (C=O) groups is 1. The van der Waals surface area contributed by atoms with Crippen LogP contribution in [0.4, 0.5) is 5.69 Å². The van der Waals surface area contributed by atoms with Gasteiger partial charge in [-0.1, -0.05) is 12.1 Å². The molecule has 1 N–H and O–H groups in total. The number of aromatic nitrogens is 3. The first kappa shape index (κ1) is 15.3. The number of fused-ring (bicyclic) bond motifs is 2. The molecule has 0 aliphatic rings. The Balaban J connectivity index is 1.67. The predicted octanol–water partition coefficient (Wildman–Crippen LogP) is 4.42. The fraction of sp³-hybridized carbons (Fsp3) is 0.150. The summed E-state index contributed by atoms with van der Waals surface area (Å²) in [6, 6.07) is 15.4. The fourth-order valence-electron chi connectivity index (χ4n) is 2.89. The van der Waals surface area contributed by atoms with E-state index in [1.165, 1.54) is 0 Å². The van der Waals surface area contributed by atoms with Crippen molar-refractivity contribution in [3.63, 3.8) is 0 Å². The van der Waals surface area contributed by atoms with E-state index < -0.39 is 0 Å². The molecule has 0 saturated carbocycles. The summed E-state index contributed by atoms with van der Waals surface area (Å²) < 4.78 is 1.92. The van der Waals surface area contributed by atoms with Crippen molar-refractivity contribution in [2.75, 3.05) is 5.32 Å². The van der Waals surface area contributed by atoms with Gasteiger partial charge in [0, 0.05) is 40.5 Å². The van der Waals surface area contributed by atoms with Crippen LogP contribution in [0, 0.1) is 0 Å². The molecule has 0 aliphatic heterocycles. The average Bonchev–Trinajstić information content (AvgIpc) is 3.05. The predicted molar refractivity (Wildman–Crippen MR) is 99.8 cm³/mol. The highest BCUT2D eigenvalue weighted by atomic mass is 16.1. The second-order valence-corrected chi connectivity index (χ2v) is 6.31. The number of hydrogen-bond donors (Lipinski definition) is 1. The highest BCUT2D eigenvalue weighted by Gasteiger charge is 2.11. The quantitative estimate of drug-likeness (QED) is 0.605. The summed E-state index contributed by atoms with van der Waals surface area (Å²) in [6.07, 6.45) is 3.72. The molecule has 0 aliphatic carbocycles. The van der Waals surface area contributed by atoms with Crippen molar-refractivity contribution in [1.29, 1.82) is 0 Å². The fourth-order valence-corrected chi connectivity index (χ4v) is 2.89. The lowest BCUT2D eigenvalue weighted by Crippen LogP contribution is -2.12. The lowest BCUT2D eigenvalue weighted by atomic mass is 10.1. The lowest BCUT2D eigenvalue weighted by molar-refractivity contribution is 0.102. The smallest absolute Gasteiger partial charge is 0.256 e. The summed E-state index contributed by atoms with van der Waals surface area (Å²) in [5.41, 5.74) is 3.09. The molecule has 1 amide bonds. The Labute approximate surface area is 145 Å². The first-order chi connectivity index (χ1) is 12.1. The third-order valence-corrected chi connectivity index (χ3v) is 4.20. The highest BCUT2D eigenvalue weighted by Crippen LogP contribution is 2.22. The monoisotopic (exact) mass is 330 g/mol. The van der Waals surface area contributed by atoms with Gasteiger partial charge in [0.15, 0.2) is 0 Å². The third-order valence-electron chi connectivity index (χ3n) is 4.20. The maximum absolute atomic E-state index is 12.7. The summed E-state index contributed by atoms with van der Waals surface area (Å²) in [7, 11) is 0. The number of nitrogens with zero attached hydrogens (tertiary/aromatic N) is 3. The Morgan fingerprint density at radius 2 is 1.96 bits per heavy atom. The number of anilines is 1. The van der Waals surface area contributed by atoms with Gasteiger partial charge < -0.3 is 5.32 Å². The van der Waals surface area contributed by atoms with Crippen LogP contribution in [0.5, 0.6) is 0 Å². The molecule has 0 atom stereocenters. The largest absolute Gasteiger partial charge is 0.322 e. The number of hydrogen-bond acceptors (Lipinski definition) is 3. The van der Waals surface area contributed by atoms with Gasteiger partial charge in [-0.3, -0.25) is 14.5 Å². The summed E-state index contributed by atoms with van der Waals surface area (Å²) in [5, 5.41) is 9.35. The van der Waals surface area contributed by atoms with Crippen LogP contribution in [0.2, 0.25) is 0 Å². The van der Waals surface area contributed by atoms with Crippen LogP contribution in [-0.4, -0.2) is 20.7 Å². The Morgan fingerprint density at radius 3 is 2.80 bits per heavy atom.